The van der Waals surface area contributed by atoms with Crippen LogP contribution >= 0.6 is 0 Å². The van der Waals surface area contributed by atoms with Gasteiger partial charge in [-0.15, -0.1) is 0 Å². The van der Waals surface area contributed by atoms with E-state index >= 15 is 0 Å². The highest BCUT2D eigenvalue weighted by molar-refractivity contribution is 6.11. The predicted octanol–water partition coefficient (Wildman–Crippen LogP) is 2.91. The average molecular weight is 266 g/mol. The first-order valence-corrected chi connectivity index (χ1v) is 5.31. The molecule has 1 heterocycles. The van der Waals surface area contributed by atoms with E-state index in [9.17, 15) is 18.0 Å². The Balaban J connectivity index is 2.43. The number of benzene rings is 1. The van der Waals surface area contributed by atoms with E-state index in [0.717, 1.165) is 12.1 Å². The van der Waals surface area contributed by atoms with E-state index < -0.39 is 17.5 Å². The summed E-state index contributed by atoms with van der Waals surface area (Å²) in [5.41, 5.74) is 4.91. The number of carbonyl (C=O) groups excluding carboxylic acids is 1. The summed E-state index contributed by atoms with van der Waals surface area (Å²) >= 11 is 0. The van der Waals surface area contributed by atoms with Crippen LogP contribution in [0.1, 0.15) is 21.5 Å². The minimum Gasteiger partial charge on any atom is -0.398 e. The molecule has 0 saturated heterocycles. The third kappa shape index (κ3) is 2.73. The zero-order chi connectivity index (χ0) is 14.0. The Bertz CT molecular complexity index is 623. The van der Waals surface area contributed by atoms with Crippen molar-refractivity contribution in [2.24, 2.45) is 0 Å². The molecule has 0 amide bonds. The van der Waals surface area contributed by atoms with Crippen LogP contribution in [0.4, 0.5) is 18.9 Å². The van der Waals surface area contributed by atoms with E-state index in [4.69, 9.17) is 5.73 Å². The van der Waals surface area contributed by atoms with Crippen LogP contribution < -0.4 is 5.73 Å². The highest BCUT2D eigenvalue weighted by Crippen LogP contribution is 2.30. The number of anilines is 1. The fourth-order valence-corrected chi connectivity index (χ4v) is 1.59. The number of hydrogen-bond donors (Lipinski definition) is 1. The second kappa shape index (κ2) is 4.72. The van der Waals surface area contributed by atoms with E-state index in [0.29, 0.717) is 0 Å². The van der Waals surface area contributed by atoms with Gasteiger partial charge in [0.15, 0.2) is 5.78 Å². The van der Waals surface area contributed by atoms with Gasteiger partial charge < -0.3 is 5.73 Å². The number of nitrogens with zero attached hydrogens (tertiary/aromatic N) is 1. The van der Waals surface area contributed by atoms with Crippen LogP contribution in [-0.4, -0.2) is 10.8 Å². The molecule has 6 heteroatoms. The highest BCUT2D eigenvalue weighted by atomic mass is 19.4. The molecule has 98 valence electrons. The highest BCUT2D eigenvalue weighted by Gasteiger charge is 2.31. The lowest BCUT2D eigenvalue weighted by molar-refractivity contribution is -0.137. The Morgan fingerprint density at radius 2 is 1.95 bits per heavy atom. The minimum atomic E-state index is -4.49. The molecule has 0 radical (unpaired) electrons. The topological polar surface area (TPSA) is 56.0 Å². The quantitative estimate of drug-likeness (QED) is 0.850. The standard InChI is InChI=1S/C13H9F3N2O/c14-13(15,16)9-3-1-2-8(6-9)12(19)10-7-18-5-4-11(10)17/h1-7H,(H2,17,18). The molecule has 0 atom stereocenters. The van der Waals surface area contributed by atoms with E-state index in [1.165, 1.54) is 30.6 Å². The number of nitrogen functional groups attached to an aromatic ring is 1. The maximum atomic E-state index is 12.6. The Hall–Kier alpha value is -2.37. The van der Waals surface area contributed by atoms with Gasteiger partial charge in [-0.1, -0.05) is 12.1 Å². The monoisotopic (exact) mass is 266 g/mol. The summed E-state index contributed by atoms with van der Waals surface area (Å²) in [6.45, 7) is 0. The van der Waals surface area contributed by atoms with Crippen molar-refractivity contribution in [3.63, 3.8) is 0 Å². The number of hydrogen-bond acceptors (Lipinski definition) is 3. The fourth-order valence-electron chi connectivity index (χ4n) is 1.59. The summed E-state index contributed by atoms with van der Waals surface area (Å²) in [7, 11) is 0. The van der Waals surface area contributed by atoms with Crippen molar-refractivity contribution < 1.29 is 18.0 Å². The van der Waals surface area contributed by atoms with E-state index in [1.807, 2.05) is 0 Å². The van der Waals surface area contributed by atoms with Crippen molar-refractivity contribution in [3.8, 4) is 0 Å². The van der Waals surface area contributed by atoms with Crippen LogP contribution in [0.3, 0.4) is 0 Å². The SMILES string of the molecule is Nc1ccncc1C(=O)c1cccc(C(F)(F)F)c1. The molecule has 2 rings (SSSR count). The second-order valence-electron chi connectivity index (χ2n) is 3.87. The molecule has 2 aromatic rings. The lowest BCUT2D eigenvalue weighted by atomic mass is 10.0. The summed E-state index contributed by atoms with van der Waals surface area (Å²) in [6.07, 6.45) is -1.85. The number of aromatic nitrogens is 1. The van der Waals surface area contributed by atoms with Gasteiger partial charge in [0.1, 0.15) is 0 Å². The van der Waals surface area contributed by atoms with Crippen LogP contribution in [0.25, 0.3) is 0 Å². The Labute approximate surface area is 106 Å². The zero-order valence-electron chi connectivity index (χ0n) is 9.61. The molecule has 1 aromatic carbocycles. The van der Waals surface area contributed by atoms with Crippen LogP contribution in [0.15, 0.2) is 42.7 Å². The van der Waals surface area contributed by atoms with Gasteiger partial charge in [0, 0.05) is 23.6 Å². The normalized spacial score (nSPS) is 11.3. The van der Waals surface area contributed by atoms with Gasteiger partial charge in [-0.2, -0.15) is 13.2 Å². The molecule has 0 saturated carbocycles. The first-order valence-electron chi connectivity index (χ1n) is 5.31. The van der Waals surface area contributed by atoms with E-state index in [1.54, 1.807) is 0 Å². The van der Waals surface area contributed by atoms with Gasteiger partial charge in [-0.3, -0.25) is 9.78 Å². The summed E-state index contributed by atoms with van der Waals surface area (Å²) < 4.78 is 37.7. The Morgan fingerprint density at radius 3 is 2.58 bits per heavy atom. The first kappa shape index (κ1) is 13.1. The van der Waals surface area contributed by atoms with Crippen molar-refractivity contribution in [2.45, 2.75) is 6.18 Å². The number of ketones is 1. The predicted molar refractivity (Wildman–Crippen MR) is 63.5 cm³/mol. The molecule has 0 unspecified atom stereocenters. The third-order valence-corrected chi connectivity index (χ3v) is 2.55. The Kier molecular flexibility index (Phi) is 3.25. The maximum Gasteiger partial charge on any atom is 0.416 e. The molecule has 0 fully saturated rings. The molecular formula is C13H9F3N2O. The largest absolute Gasteiger partial charge is 0.416 e. The number of rotatable bonds is 2. The van der Waals surface area contributed by atoms with Crippen LogP contribution in [0.5, 0.6) is 0 Å². The molecule has 0 aliphatic heterocycles. The molecule has 3 nitrogen and oxygen atoms in total. The number of pyridine rings is 1. The third-order valence-electron chi connectivity index (χ3n) is 2.55. The molecular weight excluding hydrogens is 257 g/mol. The molecule has 19 heavy (non-hydrogen) atoms. The smallest absolute Gasteiger partial charge is 0.398 e. The summed E-state index contributed by atoms with van der Waals surface area (Å²) in [4.78, 5) is 15.8. The average Bonchev–Trinajstić information content (AvgIpc) is 2.38. The summed E-state index contributed by atoms with van der Waals surface area (Å²) in [5.74, 6) is -0.586. The minimum absolute atomic E-state index is 0.0745. The van der Waals surface area contributed by atoms with Crippen molar-refractivity contribution in [2.75, 3.05) is 5.73 Å². The van der Waals surface area contributed by atoms with Gasteiger partial charge in [-0.25, -0.2) is 0 Å². The maximum absolute atomic E-state index is 12.6. The van der Waals surface area contributed by atoms with Crippen molar-refractivity contribution >= 4 is 11.5 Å². The van der Waals surface area contributed by atoms with Gasteiger partial charge in [0.05, 0.1) is 11.1 Å². The van der Waals surface area contributed by atoms with Crippen LogP contribution in [-0.2, 0) is 6.18 Å². The molecule has 0 spiro atoms. The number of alkyl halides is 3. The molecule has 0 bridgehead atoms. The molecule has 0 aliphatic rings. The summed E-state index contributed by atoms with van der Waals surface area (Å²) in [6, 6.07) is 5.62. The van der Waals surface area contributed by atoms with Crippen molar-refractivity contribution in [3.05, 3.63) is 59.4 Å². The first-order chi connectivity index (χ1) is 8.89. The Morgan fingerprint density at radius 1 is 1.21 bits per heavy atom. The zero-order valence-corrected chi connectivity index (χ0v) is 9.61. The van der Waals surface area contributed by atoms with Crippen molar-refractivity contribution in [1.29, 1.82) is 0 Å². The number of nitrogens with two attached hydrogens (primary N) is 1. The summed E-state index contributed by atoms with van der Waals surface area (Å²) in [5, 5.41) is 0. The fraction of sp³-hybridized carbons (Fsp3) is 0.0769. The molecule has 0 aliphatic carbocycles. The lowest BCUT2D eigenvalue weighted by Gasteiger charge is -2.08. The molecule has 2 N–H and O–H groups in total. The number of halogens is 3. The van der Waals surface area contributed by atoms with Gasteiger partial charge in [0.2, 0.25) is 0 Å². The van der Waals surface area contributed by atoms with Crippen LogP contribution in [0, 0.1) is 0 Å². The van der Waals surface area contributed by atoms with Crippen molar-refractivity contribution in [1.82, 2.24) is 4.98 Å². The van der Waals surface area contributed by atoms with Gasteiger partial charge in [-0.05, 0) is 18.2 Å². The second-order valence-corrected chi connectivity index (χ2v) is 3.87. The van der Waals surface area contributed by atoms with Gasteiger partial charge in [0.25, 0.3) is 0 Å². The number of carbonyl (C=O) groups is 1. The molecule has 1 aromatic heterocycles. The van der Waals surface area contributed by atoms with Gasteiger partial charge >= 0.3 is 6.18 Å². The van der Waals surface area contributed by atoms with E-state index in [2.05, 4.69) is 4.98 Å². The lowest BCUT2D eigenvalue weighted by Crippen LogP contribution is -2.09. The van der Waals surface area contributed by atoms with Crippen LogP contribution in [0.2, 0.25) is 0 Å². The van der Waals surface area contributed by atoms with E-state index in [-0.39, 0.29) is 16.8 Å².